The van der Waals surface area contributed by atoms with E-state index in [2.05, 4.69) is 15.6 Å². The molecule has 132 valence electrons. The van der Waals surface area contributed by atoms with Gasteiger partial charge in [0.15, 0.2) is 6.61 Å². The van der Waals surface area contributed by atoms with Gasteiger partial charge < -0.3 is 9.47 Å². The first-order valence-corrected chi connectivity index (χ1v) is 7.44. The van der Waals surface area contributed by atoms with Gasteiger partial charge in [-0.05, 0) is 36.4 Å². The molecule has 0 radical (unpaired) electrons. The van der Waals surface area contributed by atoms with Crippen LogP contribution in [0.3, 0.4) is 0 Å². The number of carbonyl (C=O) groups excluding carboxylic acids is 3. The number of rotatable bonds is 5. The van der Waals surface area contributed by atoms with Crippen LogP contribution >= 0.6 is 0 Å². The van der Waals surface area contributed by atoms with Gasteiger partial charge in [0.1, 0.15) is 11.8 Å². The summed E-state index contributed by atoms with van der Waals surface area (Å²) in [7, 11) is 1.26. The van der Waals surface area contributed by atoms with Gasteiger partial charge in [-0.25, -0.2) is 4.79 Å². The Labute approximate surface area is 149 Å². The second-order valence-corrected chi connectivity index (χ2v) is 4.97. The van der Waals surface area contributed by atoms with Crippen LogP contribution in [0.1, 0.15) is 26.3 Å². The van der Waals surface area contributed by atoms with Crippen molar-refractivity contribution in [2.45, 2.75) is 0 Å². The molecule has 0 aromatic heterocycles. The Bertz CT molecular complexity index is 856. The van der Waals surface area contributed by atoms with Gasteiger partial charge in [-0.2, -0.15) is 5.26 Å². The molecule has 26 heavy (non-hydrogen) atoms. The van der Waals surface area contributed by atoms with Crippen molar-refractivity contribution in [2.75, 3.05) is 13.7 Å². The van der Waals surface area contributed by atoms with E-state index in [1.807, 2.05) is 6.07 Å². The maximum atomic E-state index is 11.9. The van der Waals surface area contributed by atoms with Crippen molar-refractivity contribution in [1.29, 1.82) is 5.26 Å². The van der Waals surface area contributed by atoms with Crippen molar-refractivity contribution in [3.63, 3.8) is 0 Å². The van der Waals surface area contributed by atoms with Crippen LogP contribution in [0.25, 0.3) is 0 Å². The molecule has 0 aliphatic rings. The van der Waals surface area contributed by atoms with Crippen LogP contribution in [0.15, 0.2) is 48.5 Å². The van der Waals surface area contributed by atoms with Crippen molar-refractivity contribution in [1.82, 2.24) is 10.9 Å². The summed E-state index contributed by atoms with van der Waals surface area (Å²) in [4.78, 5) is 35.0. The highest BCUT2D eigenvalue weighted by atomic mass is 16.5. The number of esters is 1. The highest BCUT2D eigenvalue weighted by Crippen LogP contribution is 2.16. The third-order valence-corrected chi connectivity index (χ3v) is 3.25. The molecule has 0 heterocycles. The van der Waals surface area contributed by atoms with Crippen molar-refractivity contribution in [3.8, 4) is 11.8 Å². The number of methoxy groups -OCH3 is 1. The van der Waals surface area contributed by atoms with E-state index < -0.39 is 17.8 Å². The summed E-state index contributed by atoms with van der Waals surface area (Å²) in [5.41, 5.74) is 5.27. The van der Waals surface area contributed by atoms with Crippen LogP contribution in [0, 0.1) is 11.3 Å². The smallest absolute Gasteiger partial charge is 0.337 e. The van der Waals surface area contributed by atoms with Crippen LogP contribution in [0.2, 0.25) is 0 Å². The zero-order valence-electron chi connectivity index (χ0n) is 13.8. The standard InChI is InChI=1S/C18H15N3O5/c1-25-18(24)13-8-6-12(7-9-13)17(23)21-20-16(22)11-26-15-5-3-2-4-14(15)10-19/h2-9H,11H2,1H3,(H,20,22)(H,21,23). The normalized spacial score (nSPS) is 9.54. The number of nitrogens with one attached hydrogen (secondary N) is 2. The van der Waals surface area contributed by atoms with Crippen LogP contribution < -0.4 is 15.6 Å². The number of nitriles is 1. The van der Waals surface area contributed by atoms with Crippen molar-refractivity contribution in [2.24, 2.45) is 0 Å². The lowest BCUT2D eigenvalue weighted by atomic mass is 10.1. The minimum absolute atomic E-state index is 0.244. The summed E-state index contributed by atoms with van der Waals surface area (Å²) in [6.45, 7) is -0.375. The first-order chi connectivity index (χ1) is 12.5. The number of hydrogen-bond acceptors (Lipinski definition) is 6. The molecule has 0 spiro atoms. The second-order valence-electron chi connectivity index (χ2n) is 4.97. The Morgan fingerprint density at radius 3 is 2.31 bits per heavy atom. The predicted molar refractivity (Wildman–Crippen MR) is 90.0 cm³/mol. The Morgan fingerprint density at radius 2 is 1.65 bits per heavy atom. The van der Waals surface area contributed by atoms with Crippen molar-refractivity contribution in [3.05, 3.63) is 65.2 Å². The van der Waals surface area contributed by atoms with E-state index in [4.69, 9.17) is 10.00 Å². The van der Waals surface area contributed by atoms with E-state index in [0.717, 1.165) is 0 Å². The summed E-state index contributed by atoms with van der Waals surface area (Å²) in [5, 5.41) is 8.94. The fraction of sp³-hybridized carbons (Fsp3) is 0.111. The van der Waals surface area contributed by atoms with Gasteiger partial charge >= 0.3 is 5.97 Å². The third kappa shape index (κ3) is 4.82. The third-order valence-electron chi connectivity index (χ3n) is 3.25. The van der Waals surface area contributed by atoms with E-state index in [-0.39, 0.29) is 17.9 Å². The molecule has 2 rings (SSSR count). The first kappa shape index (κ1) is 18.5. The Balaban J connectivity index is 1.84. The van der Waals surface area contributed by atoms with Crippen LogP contribution in [-0.2, 0) is 9.53 Å². The fourth-order valence-corrected chi connectivity index (χ4v) is 1.94. The van der Waals surface area contributed by atoms with Crippen LogP contribution in [0.4, 0.5) is 0 Å². The van der Waals surface area contributed by atoms with Gasteiger partial charge in [0.25, 0.3) is 11.8 Å². The molecule has 0 bridgehead atoms. The number of hydrogen-bond donors (Lipinski definition) is 2. The largest absolute Gasteiger partial charge is 0.482 e. The molecule has 0 aliphatic carbocycles. The average Bonchev–Trinajstić information content (AvgIpc) is 2.70. The topological polar surface area (TPSA) is 118 Å². The monoisotopic (exact) mass is 353 g/mol. The number of nitrogens with zero attached hydrogens (tertiary/aromatic N) is 1. The Kier molecular flexibility index (Phi) is 6.28. The Hall–Kier alpha value is -3.86. The molecule has 0 atom stereocenters. The summed E-state index contributed by atoms with van der Waals surface area (Å²) in [6.07, 6.45) is 0. The predicted octanol–water partition coefficient (Wildman–Crippen LogP) is 1.18. The van der Waals surface area contributed by atoms with Crippen molar-refractivity contribution < 1.29 is 23.9 Å². The zero-order valence-corrected chi connectivity index (χ0v) is 13.8. The number of para-hydroxylation sites is 1. The zero-order chi connectivity index (χ0) is 18.9. The number of ether oxygens (including phenoxy) is 2. The van der Waals surface area contributed by atoms with Gasteiger partial charge in [0.2, 0.25) is 0 Å². The van der Waals surface area contributed by atoms with E-state index >= 15 is 0 Å². The molecule has 0 unspecified atom stereocenters. The van der Waals surface area contributed by atoms with Gasteiger partial charge in [0.05, 0.1) is 18.2 Å². The molecule has 0 saturated carbocycles. The molecule has 0 aliphatic heterocycles. The maximum Gasteiger partial charge on any atom is 0.337 e. The lowest BCUT2D eigenvalue weighted by Crippen LogP contribution is -2.43. The quantitative estimate of drug-likeness (QED) is 0.616. The number of benzene rings is 2. The molecule has 8 nitrogen and oxygen atoms in total. The first-order valence-electron chi connectivity index (χ1n) is 7.44. The molecule has 2 aromatic carbocycles. The molecular formula is C18H15N3O5. The molecule has 2 aromatic rings. The lowest BCUT2D eigenvalue weighted by molar-refractivity contribution is -0.123. The van der Waals surface area contributed by atoms with Gasteiger partial charge in [-0.3, -0.25) is 20.4 Å². The van der Waals surface area contributed by atoms with E-state index in [0.29, 0.717) is 11.1 Å². The van der Waals surface area contributed by atoms with E-state index in [1.165, 1.54) is 31.4 Å². The lowest BCUT2D eigenvalue weighted by Gasteiger charge is -2.09. The van der Waals surface area contributed by atoms with Crippen LogP contribution in [-0.4, -0.2) is 31.5 Å². The minimum atomic E-state index is -0.600. The van der Waals surface area contributed by atoms with Crippen LogP contribution in [0.5, 0.6) is 5.75 Å². The minimum Gasteiger partial charge on any atom is -0.482 e. The molecule has 2 N–H and O–H groups in total. The highest BCUT2D eigenvalue weighted by Gasteiger charge is 2.11. The number of hydrazine groups is 1. The Morgan fingerprint density at radius 1 is 1.00 bits per heavy atom. The SMILES string of the molecule is COC(=O)c1ccc(C(=O)NNC(=O)COc2ccccc2C#N)cc1. The maximum absolute atomic E-state index is 11.9. The summed E-state index contributed by atoms with van der Waals surface area (Å²) in [6, 6.07) is 14.1. The molecule has 2 amide bonds. The van der Waals surface area contributed by atoms with Gasteiger partial charge in [0, 0.05) is 5.56 Å². The summed E-state index contributed by atoms with van der Waals surface area (Å²) < 4.78 is 9.81. The number of amides is 2. The average molecular weight is 353 g/mol. The van der Waals surface area contributed by atoms with Gasteiger partial charge in [-0.15, -0.1) is 0 Å². The van der Waals surface area contributed by atoms with Gasteiger partial charge in [-0.1, -0.05) is 12.1 Å². The second kappa shape index (κ2) is 8.84. The molecule has 0 fully saturated rings. The van der Waals surface area contributed by atoms with E-state index in [1.54, 1.807) is 24.3 Å². The summed E-state index contributed by atoms with van der Waals surface area (Å²) >= 11 is 0. The molecule has 0 saturated heterocycles. The number of carbonyl (C=O) groups is 3. The van der Waals surface area contributed by atoms with Crippen molar-refractivity contribution >= 4 is 17.8 Å². The molecule has 8 heteroatoms. The fourth-order valence-electron chi connectivity index (χ4n) is 1.94. The summed E-state index contributed by atoms with van der Waals surface area (Å²) in [5.74, 6) is -1.40. The molecular weight excluding hydrogens is 338 g/mol. The highest BCUT2D eigenvalue weighted by molar-refractivity contribution is 5.97. The van der Waals surface area contributed by atoms with E-state index in [9.17, 15) is 14.4 Å².